The van der Waals surface area contributed by atoms with E-state index in [2.05, 4.69) is 4.98 Å². The van der Waals surface area contributed by atoms with Crippen molar-refractivity contribution in [3.63, 3.8) is 0 Å². The monoisotopic (exact) mass is 508 g/mol. The van der Waals surface area contributed by atoms with E-state index in [1.807, 2.05) is 0 Å². The van der Waals surface area contributed by atoms with Crippen molar-refractivity contribution in [2.75, 3.05) is 0 Å². The number of halogens is 4. The smallest absolute Gasteiger partial charge is 0.417 e. The van der Waals surface area contributed by atoms with E-state index in [0.717, 1.165) is 17.2 Å². The van der Waals surface area contributed by atoms with Crippen LogP contribution in [0.3, 0.4) is 0 Å². The normalized spacial score (nSPS) is 11.9. The number of rotatable bonds is 7. The van der Waals surface area contributed by atoms with E-state index in [-0.39, 0.29) is 12.4 Å². The number of amides is 1. The van der Waals surface area contributed by atoms with Crippen molar-refractivity contribution in [3.05, 3.63) is 83.0 Å². The predicted octanol–water partition coefficient (Wildman–Crippen LogP) is 5.82. The number of pyridine rings is 1. The topological polar surface area (TPSA) is 78.0 Å². The lowest BCUT2D eigenvalue weighted by atomic mass is 10.2. The molecule has 1 amide bonds. The van der Waals surface area contributed by atoms with Gasteiger partial charge >= 0.3 is 12.1 Å². The second kappa shape index (κ2) is 11.1. The molecule has 184 valence electrons. The molecule has 2 aromatic carbocycles. The molecule has 3 rings (SSSR count). The summed E-state index contributed by atoms with van der Waals surface area (Å²) < 4.78 is 48.8. The molecule has 0 N–H and O–H groups in total. The molecular formula is C24H20ClF3N2O5. The van der Waals surface area contributed by atoms with Crippen LogP contribution in [-0.2, 0) is 27.1 Å². The Morgan fingerprint density at radius 2 is 1.69 bits per heavy atom. The number of nitrogens with zero attached hydrogens (tertiary/aromatic N) is 2. The third-order valence-corrected chi connectivity index (χ3v) is 4.95. The molecule has 0 bridgehead atoms. The Hall–Kier alpha value is -3.79. The van der Waals surface area contributed by atoms with E-state index >= 15 is 0 Å². The van der Waals surface area contributed by atoms with Crippen molar-refractivity contribution in [2.24, 2.45) is 0 Å². The van der Waals surface area contributed by atoms with Gasteiger partial charge in [0.2, 0.25) is 5.88 Å². The van der Waals surface area contributed by atoms with E-state index in [9.17, 15) is 22.8 Å². The van der Waals surface area contributed by atoms with Crippen molar-refractivity contribution in [2.45, 2.75) is 32.7 Å². The predicted molar refractivity (Wildman–Crippen MR) is 120 cm³/mol. The van der Waals surface area contributed by atoms with Crippen LogP contribution in [0.1, 0.15) is 25.0 Å². The Balaban J connectivity index is 1.57. The van der Waals surface area contributed by atoms with Gasteiger partial charge in [-0.3, -0.25) is 4.79 Å². The first-order valence-corrected chi connectivity index (χ1v) is 10.6. The number of carbonyl (C=O) groups excluding carboxylic acids is 2. The van der Waals surface area contributed by atoms with Gasteiger partial charge in [-0.05, 0) is 48.9 Å². The highest BCUT2D eigenvalue weighted by Gasteiger charge is 2.30. The molecule has 0 saturated heterocycles. The lowest BCUT2D eigenvalue weighted by Gasteiger charge is -2.22. The fourth-order valence-electron chi connectivity index (χ4n) is 2.74. The van der Waals surface area contributed by atoms with Gasteiger partial charge in [0.25, 0.3) is 5.91 Å². The Morgan fingerprint density at radius 3 is 2.26 bits per heavy atom. The van der Waals surface area contributed by atoms with Gasteiger partial charge in [0.15, 0.2) is 6.10 Å². The summed E-state index contributed by atoms with van der Waals surface area (Å²) in [5, 5.41) is 1.31. The Morgan fingerprint density at radius 1 is 1.03 bits per heavy atom. The van der Waals surface area contributed by atoms with Crippen LogP contribution in [0.5, 0.6) is 17.4 Å². The maximum Gasteiger partial charge on any atom is 0.417 e. The Labute approximate surface area is 203 Å². The standard InChI is InChI=1S/C24H20ClF3N2O5/c1-15(23(32)35-30(16(2)31)14-17-5-3-4-6-21(17)25)33-19-8-10-20(11-9-19)34-22-12-7-18(13-29-22)24(26,27)28/h3-13,15H,14H2,1-2H3. The first-order chi connectivity index (χ1) is 16.5. The maximum atomic E-state index is 12.6. The van der Waals surface area contributed by atoms with Crippen LogP contribution in [0, 0.1) is 0 Å². The third-order valence-electron chi connectivity index (χ3n) is 4.58. The van der Waals surface area contributed by atoms with Gasteiger partial charge in [-0.1, -0.05) is 29.8 Å². The maximum absolute atomic E-state index is 12.6. The minimum Gasteiger partial charge on any atom is -0.479 e. The van der Waals surface area contributed by atoms with Gasteiger partial charge in [0.05, 0.1) is 12.1 Å². The largest absolute Gasteiger partial charge is 0.479 e. The summed E-state index contributed by atoms with van der Waals surface area (Å²) in [4.78, 5) is 33.2. The second-order valence-electron chi connectivity index (χ2n) is 7.27. The SMILES string of the molecule is CC(=O)N(Cc1ccccc1Cl)OC(=O)C(C)Oc1ccc(Oc2ccc(C(F)(F)F)cn2)cc1. The fourth-order valence-corrected chi connectivity index (χ4v) is 2.94. The molecule has 35 heavy (non-hydrogen) atoms. The summed E-state index contributed by atoms with van der Waals surface area (Å²) in [7, 11) is 0. The molecule has 0 saturated carbocycles. The van der Waals surface area contributed by atoms with Crippen molar-refractivity contribution < 1.29 is 37.1 Å². The summed E-state index contributed by atoms with van der Waals surface area (Å²) in [6, 6.07) is 14.8. The van der Waals surface area contributed by atoms with Crippen molar-refractivity contribution in [1.29, 1.82) is 0 Å². The van der Waals surface area contributed by atoms with Crippen molar-refractivity contribution >= 4 is 23.5 Å². The highest BCUT2D eigenvalue weighted by Crippen LogP contribution is 2.30. The third kappa shape index (κ3) is 7.35. The van der Waals surface area contributed by atoms with E-state index < -0.39 is 29.7 Å². The molecular weight excluding hydrogens is 489 g/mol. The molecule has 1 heterocycles. The molecule has 7 nitrogen and oxygen atoms in total. The summed E-state index contributed by atoms with van der Waals surface area (Å²) in [5.74, 6) is -0.734. The Kier molecular flexibility index (Phi) is 8.18. The molecule has 0 aliphatic heterocycles. The molecule has 0 aliphatic carbocycles. The average molecular weight is 509 g/mol. The van der Waals surface area contributed by atoms with E-state index in [1.54, 1.807) is 24.3 Å². The molecule has 1 aromatic heterocycles. The van der Waals surface area contributed by atoms with Crippen LogP contribution in [0.4, 0.5) is 13.2 Å². The fraction of sp³-hybridized carbons (Fsp3) is 0.208. The summed E-state index contributed by atoms with van der Waals surface area (Å²) >= 11 is 6.11. The molecule has 11 heteroatoms. The van der Waals surface area contributed by atoms with Crippen LogP contribution in [0.15, 0.2) is 66.9 Å². The van der Waals surface area contributed by atoms with Gasteiger partial charge < -0.3 is 14.3 Å². The number of hydroxylamine groups is 2. The number of benzene rings is 2. The van der Waals surface area contributed by atoms with Gasteiger partial charge in [-0.15, -0.1) is 0 Å². The van der Waals surface area contributed by atoms with Crippen LogP contribution in [0.25, 0.3) is 0 Å². The lowest BCUT2D eigenvalue weighted by molar-refractivity contribution is -0.204. The first-order valence-electron chi connectivity index (χ1n) is 10.2. The number of alkyl halides is 3. The van der Waals surface area contributed by atoms with E-state index in [4.69, 9.17) is 25.9 Å². The lowest BCUT2D eigenvalue weighted by Crippen LogP contribution is -2.36. The summed E-state index contributed by atoms with van der Waals surface area (Å²) in [5.41, 5.74) is -0.284. The summed E-state index contributed by atoms with van der Waals surface area (Å²) in [6.45, 7) is 2.67. The highest BCUT2D eigenvalue weighted by molar-refractivity contribution is 6.31. The minimum absolute atomic E-state index is 0.0218. The molecule has 1 atom stereocenters. The van der Waals surface area contributed by atoms with Crippen molar-refractivity contribution in [3.8, 4) is 17.4 Å². The second-order valence-corrected chi connectivity index (χ2v) is 7.68. The van der Waals surface area contributed by atoms with Crippen LogP contribution in [-0.4, -0.2) is 28.0 Å². The number of ether oxygens (including phenoxy) is 2. The van der Waals surface area contributed by atoms with Gasteiger partial charge in [-0.2, -0.15) is 18.2 Å². The van der Waals surface area contributed by atoms with E-state index in [0.29, 0.717) is 28.3 Å². The van der Waals surface area contributed by atoms with Gasteiger partial charge in [0, 0.05) is 24.2 Å². The molecule has 0 aliphatic rings. The highest BCUT2D eigenvalue weighted by atomic mass is 35.5. The van der Waals surface area contributed by atoms with Crippen LogP contribution >= 0.6 is 11.6 Å². The number of aromatic nitrogens is 1. The average Bonchev–Trinajstić information content (AvgIpc) is 2.81. The van der Waals surface area contributed by atoms with Gasteiger partial charge in [-0.25, -0.2) is 9.78 Å². The van der Waals surface area contributed by atoms with Crippen molar-refractivity contribution in [1.82, 2.24) is 10.0 Å². The zero-order chi connectivity index (χ0) is 25.6. The van der Waals surface area contributed by atoms with Crippen LogP contribution in [0.2, 0.25) is 5.02 Å². The minimum atomic E-state index is -4.49. The van der Waals surface area contributed by atoms with Gasteiger partial charge in [0.1, 0.15) is 11.5 Å². The molecule has 1 unspecified atom stereocenters. The first kappa shape index (κ1) is 25.8. The molecule has 0 radical (unpaired) electrons. The van der Waals surface area contributed by atoms with Crippen LogP contribution < -0.4 is 9.47 Å². The number of hydrogen-bond acceptors (Lipinski definition) is 6. The number of hydrogen-bond donors (Lipinski definition) is 0. The summed E-state index contributed by atoms with van der Waals surface area (Å²) in [6.07, 6.45) is -4.87. The molecule has 0 fully saturated rings. The number of carbonyl (C=O) groups is 2. The quantitative estimate of drug-likeness (QED) is 0.374. The zero-order valence-corrected chi connectivity index (χ0v) is 19.3. The molecule has 3 aromatic rings. The molecule has 0 spiro atoms. The Bertz CT molecular complexity index is 1170. The zero-order valence-electron chi connectivity index (χ0n) is 18.6. The van der Waals surface area contributed by atoms with E-state index in [1.165, 1.54) is 38.1 Å².